The van der Waals surface area contributed by atoms with Crippen molar-refractivity contribution < 1.29 is 9.21 Å². The molecule has 1 aromatic carbocycles. The van der Waals surface area contributed by atoms with Gasteiger partial charge in [0.15, 0.2) is 0 Å². The van der Waals surface area contributed by atoms with Crippen LogP contribution in [0.4, 0.5) is 11.4 Å². The molecule has 5 nitrogen and oxygen atoms in total. The van der Waals surface area contributed by atoms with Crippen molar-refractivity contribution >= 4 is 28.9 Å². The van der Waals surface area contributed by atoms with Crippen LogP contribution in [-0.2, 0) is 11.3 Å². The van der Waals surface area contributed by atoms with Crippen molar-refractivity contribution in [2.24, 2.45) is 0 Å². The number of nitrogen functional groups attached to an aromatic ring is 1. The first-order valence-electron chi connectivity index (χ1n) is 6.52. The number of nitrogens with zero attached hydrogens (tertiary/aromatic N) is 1. The van der Waals surface area contributed by atoms with Crippen LogP contribution in [0.1, 0.15) is 11.3 Å². The number of aryl methyl sites for hydroxylation is 1. The zero-order valence-corrected chi connectivity index (χ0v) is 12.8. The fraction of sp³-hybridized carbons (Fsp3) is 0.267. The monoisotopic (exact) mass is 307 g/mol. The number of carbonyl (C=O) groups excluding carboxylic acids is 1. The summed E-state index contributed by atoms with van der Waals surface area (Å²) in [5, 5.41) is 3.22. The van der Waals surface area contributed by atoms with Gasteiger partial charge in [0.1, 0.15) is 5.76 Å². The Balaban J connectivity index is 1.92. The highest BCUT2D eigenvalue weighted by molar-refractivity contribution is 6.33. The number of carbonyl (C=O) groups is 1. The molecular weight excluding hydrogens is 290 g/mol. The molecule has 0 unspecified atom stereocenters. The van der Waals surface area contributed by atoms with Gasteiger partial charge in [-0.3, -0.25) is 9.69 Å². The number of hydrogen-bond donors (Lipinski definition) is 2. The van der Waals surface area contributed by atoms with E-state index in [1.807, 2.05) is 24.9 Å². The Bertz CT molecular complexity index is 640. The van der Waals surface area contributed by atoms with E-state index in [-0.39, 0.29) is 12.5 Å². The van der Waals surface area contributed by atoms with Crippen LogP contribution in [0, 0.1) is 6.92 Å². The van der Waals surface area contributed by atoms with Crippen molar-refractivity contribution in [3.05, 3.63) is 46.9 Å². The number of furan rings is 1. The summed E-state index contributed by atoms with van der Waals surface area (Å²) >= 11 is 6.02. The number of anilines is 2. The zero-order chi connectivity index (χ0) is 15.4. The van der Waals surface area contributed by atoms with Crippen molar-refractivity contribution in [1.82, 2.24) is 4.90 Å². The number of likely N-dealkylation sites (N-methyl/N-ethyl adjacent to an activating group) is 1. The summed E-state index contributed by atoms with van der Waals surface area (Å²) in [4.78, 5) is 13.9. The van der Waals surface area contributed by atoms with E-state index in [1.165, 1.54) is 0 Å². The van der Waals surface area contributed by atoms with E-state index < -0.39 is 0 Å². The standard InChI is InChI=1S/C15H18ClN3O2/c1-10-11(5-6-21-10)8-19(2)9-15(20)18-14-7-12(17)3-4-13(14)16/h3-7H,8-9,17H2,1-2H3,(H,18,20). The van der Waals surface area contributed by atoms with Gasteiger partial charge >= 0.3 is 0 Å². The number of halogens is 1. The maximum atomic E-state index is 12.0. The van der Waals surface area contributed by atoms with Gasteiger partial charge < -0.3 is 15.5 Å². The largest absolute Gasteiger partial charge is 0.469 e. The molecule has 1 heterocycles. The quantitative estimate of drug-likeness (QED) is 0.833. The third-order valence-electron chi connectivity index (χ3n) is 3.08. The normalized spacial score (nSPS) is 10.9. The van der Waals surface area contributed by atoms with Crippen LogP contribution in [-0.4, -0.2) is 24.4 Å². The van der Waals surface area contributed by atoms with Crippen LogP contribution >= 0.6 is 11.6 Å². The molecule has 1 amide bonds. The Morgan fingerprint density at radius 3 is 2.86 bits per heavy atom. The van der Waals surface area contributed by atoms with Crippen molar-refractivity contribution in [1.29, 1.82) is 0 Å². The molecule has 0 fully saturated rings. The predicted octanol–water partition coefficient (Wildman–Crippen LogP) is 2.89. The number of rotatable bonds is 5. The zero-order valence-electron chi connectivity index (χ0n) is 12.0. The summed E-state index contributed by atoms with van der Waals surface area (Å²) in [7, 11) is 1.87. The second-order valence-electron chi connectivity index (χ2n) is 4.96. The maximum Gasteiger partial charge on any atom is 0.238 e. The average molecular weight is 308 g/mol. The smallest absolute Gasteiger partial charge is 0.238 e. The third kappa shape index (κ3) is 4.24. The molecule has 2 aromatic rings. The minimum atomic E-state index is -0.147. The van der Waals surface area contributed by atoms with E-state index in [0.29, 0.717) is 22.9 Å². The summed E-state index contributed by atoms with van der Waals surface area (Å²) < 4.78 is 5.24. The summed E-state index contributed by atoms with van der Waals surface area (Å²) in [6, 6.07) is 6.88. The summed E-state index contributed by atoms with van der Waals surface area (Å²) in [5.41, 5.74) is 7.82. The lowest BCUT2D eigenvalue weighted by atomic mass is 10.2. The SMILES string of the molecule is Cc1occc1CN(C)CC(=O)Nc1cc(N)ccc1Cl. The Morgan fingerprint density at radius 1 is 1.43 bits per heavy atom. The first-order valence-corrected chi connectivity index (χ1v) is 6.90. The Labute approximate surface area is 128 Å². The van der Waals surface area contributed by atoms with E-state index >= 15 is 0 Å². The fourth-order valence-corrected chi connectivity index (χ4v) is 2.16. The highest BCUT2D eigenvalue weighted by Crippen LogP contribution is 2.24. The molecule has 0 bridgehead atoms. The maximum absolute atomic E-state index is 12.0. The second kappa shape index (κ2) is 6.65. The number of hydrogen-bond acceptors (Lipinski definition) is 4. The summed E-state index contributed by atoms with van der Waals surface area (Å²) in [6.07, 6.45) is 1.64. The highest BCUT2D eigenvalue weighted by atomic mass is 35.5. The van der Waals surface area contributed by atoms with Gasteiger partial charge in [0.2, 0.25) is 5.91 Å². The second-order valence-corrected chi connectivity index (χ2v) is 5.37. The van der Waals surface area contributed by atoms with Gasteiger partial charge in [-0.15, -0.1) is 0 Å². The molecule has 21 heavy (non-hydrogen) atoms. The highest BCUT2D eigenvalue weighted by Gasteiger charge is 2.11. The van der Waals surface area contributed by atoms with Crippen LogP contribution in [0.2, 0.25) is 5.02 Å². The van der Waals surface area contributed by atoms with E-state index in [2.05, 4.69) is 5.32 Å². The fourth-order valence-electron chi connectivity index (χ4n) is 2.00. The first-order chi connectivity index (χ1) is 9.95. The minimum Gasteiger partial charge on any atom is -0.469 e. The van der Waals surface area contributed by atoms with E-state index in [1.54, 1.807) is 24.5 Å². The molecule has 0 radical (unpaired) electrons. The number of amides is 1. The van der Waals surface area contributed by atoms with Gasteiger partial charge in [0.05, 0.1) is 23.5 Å². The molecule has 0 spiro atoms. The van der Waals surface area contributed by atoms with Crippen LogP contribution < -0.4 is 11.1 Å². The lowest BCUT2D eigenvalue weighted by molar-refractivity contribution is -0.117. The van der Waals surface area contributed by atoms with Gasteiger partial charge in [-0.1, -0.05) is 11.6 Å². The van der Waals surface area contributed by atoms with E-state index in [0.717, 1.165) is 11.3 Å². The van der Waals surface area contributed by atoms with Crippen molar-refractivity contribution in [3.8, 4) is 0 Å². The summed E-state index contributed by atoms with van der Waals surface area (Å²) in [6.45, 7) is 2.78. The van der Waals surface area contributed by atoms with Gasteiger partial charge in [-0.05, 0) is 38.2 Å². The Morgan fingerprint density at radius 2 is 2.19 bits per heavy atom. The predicted molar refractivity (Wildman–Crippen MR) is 84.3 cm³/mol. The molecular formula is C15H18ClN3O2. The van der Waals surface area contributed by atoms with Crippen molar-refractivity contribution in [3.63, 3.8) is 0 Å². The first kappa shape index (κ1) is 15.4. The van der Waals surface area contributed by atoms with Crippen LogP contribution in [0.5, 0.6) is 0 Å². The third-order valence-corrected chi connectivity index (χ3v) is 3.41. The molecule has 6 heteroatoms. The summed E-state index contributed by atoms with van der Waals surface area (Å²) in [5.74, 6) is 0.715. The Kier molecular flexibility index (Phi) is 4.88. The van der Waals surface area contributed by atoms with Crippen molar-refractivity contribution in [2.45, 2.75) is 13.5 Å². The number of nitrogens with two attached hydrogens (primary N) is 1. The van der Waals surface area contributed by atoms with Crippen LogP contribution in [0.25, 0.3) is 0 Å². The van der Waals surface area contributed by atoms with E-state index in [9.17, 15) is 4.79 Å². The molecule has 0 saturated carbocycles. The van der Waals surface area contributed by atoms with Gasteiger partial charge in [0, 0.05) is 17.8 Å². The lowest BCUT2D eigenvalue weighted by Gasteiger charge is -2.16. The topological polar surface area (TPSA) is 71.5 Å². The molecule has 0 aliphatic carbocycles. The van der Waals surface area contributed by atoms with Gasteiger partial charge in [0.25, 0.3) is 0 Å². The molecule has 3 N–H and O–H groups in total. The average Bonchev–Trinajstić information content (AvgIpc) is 2.79. The van der Waals surface area contributed by atoms with Crippen LogP contribution in [0.3, 0.4) is 0 Å². The number of benzene rings is 1. The molecule has 0 aliphatic heterocycles. The van der Waals surface area contributed by atoms with Crippen LogP contribution in [0.15, 0.2) is 34.9 Å². The molecule has 0 atom stereocenters. The molecule has 112 valence electrons. The lowest BCUT2D eigenvalue weighted by Crippen LogP contribution is -2.30. The van der Waals surface area contributed by atoms with Gasteiger partial charge in [-0.2, -0.15) is 0 Å². The molecule has 1 aromatic heterocycles. The van der Waals surface area contributed by atoms with E-state index in [4.69, 9.17) is 21.8 Å². The van der Waals surface area contributed by atoms with Crippen molar-refractivity contribution in [2.75, 3.05) is 24.6 Å². The molecule has 2 rings (SSSR count). The van der Waals surface area contributed by atoms with Gasteiger partial charge in [-0.25, -0.2) is 0 Å². The molecule has 0 aliphatic rings. The molecule has 0 saturated heterocycles. The number of nitrogens with one attached hydrogen (secondary N) is 1. The minimum absolute atomic E-state index is 0.147. The Hall–Kier alpha value is -1.98.